The summed E-state index contributed by atoms with van der Waals surface area (Å²) < 4.78 is 26.2. The minimum atomic E-state index is -1.08. The zero-order chi connectivity index (χ0) is 26.1. The number of hydrogen-bond acceptors (Lipinski definition) is 8. The second-order valence-electron chi connectivity index (χ2n) is 9.54. The van der Waals surface area contributed by atoms with E-state index in [0.717, 1.165) is 18.9 Å². The van der Waals surface area contributed by atoms with Gasteiger partial charge >= 0.3 is 0 Å². The fraction of sp³-hybridized carbons (Fsp3) is 0.407. The lowest BCUT2D eigenvalue weighted by molar-refractivity contribution is 0.0296. The molecule has 0 radical (unpaired) electrons. The van der Waals surface area contributed by atoms with Crippen molar-refractivity contribution in [3.8, 4) is 17.1 Å². The van der Waals surface area contributed by atoms with E-state index in [1.54, 1.807) is 24.3 Å². The molecular formula is C27H28FN3O6. The van der Waals surface area contributed by atoms with E-state index in [9.17, 15) is 24.2 Å². The quantitative estimate of drug-likeness (QED) is 0.373. The predicted octanol–water partition coefficient (Wildman–Crippen LogP) is 3.61. The summed E-state index contributed by atoms with van der Waals surface area (Å²) in [6, 6.07) is 10.3. The number of aromatic nitrogens is 2. The number of aliphatic hydroxyl groups is 2. The van der Waals surface area contributed by atoms with Crippen molar-refractivity contribution in [3.63, 3.8) is 0 Å². The topological polar surface area (TPSA) is 135 Å². The number of nitrogens with one attached hydrogen (secondary N) is 1. The number of carbonyl (C=O) groups is 2. The zero-order valence-electron chi connectivity index (χ0n) is 20.3. The third-order valence-electron chi connectivity index (χ3n) is 6.82. The van der Waals surface area contributed by atoms with E-state index < -0.39 is 36.1 Å². The smallest absolute Gasteiger partial charge is 0.268 e. The van der Waals surface area contributed by atoms with Crippen molar-refractivity contribution in [3.05, 3.63) is 65.3 Å². The number of ether oxygens (including phenoxy) is 1. The van der Waals surface area contributed by atoms with Crippen LogP contribution in [-0.4, -0.2) is 50.3 Å². The van der Waals surface area contributed by atoms with Gasteiger partial charge < -0.3 is 24.8 Å². The van der Waals surface area contributed by atoms with E-state index in [2.05, 4.69) is 15.5 Å². The third kappa shape index (κ3) is 5.40. The van der Waals surface area contributed by atoms with Crippen LogP contribution in [0.3, 0.4) is 0 Å². The number of Topliss-reactive ketones (excluding diaryl/α,β-unsaturated/α-hetero) is 1. The van der Waals surface area contributed by atoms with Crippen molar-refractivity contribution >= 4 is 11.7 Å². The number of hydrogen-bond donors (Lipinski definition) is 3. The summed E-state index contributed by atoms with van der Waals surface area (Å²) in [6.45, 7) is 1.90. The van der Waals surface area contributed by atoms with Gasteiger partial charge in [-0.05, 0) is 68.5 Å². The first kappa shape index (κ1) is 25.0. The molecule has 2 fully saturated rings. The predicted molar refractivity (Wildman–Crippen MR) is 129 cm³/mol. The highest BCUT2D eigenvalue weighted by molar-refractivity contribution is 5.99. The fourth-order valence-electron chi connectivity index (χ4n) is 4.44. The molecule has 2 aromatic carbocycles. The van der Waals surface area contributed by atoms with E-state index in [1.807, 2.05) is 6.92 Å². The van der Waals surface area contributed by atoms with Crippen molar-refractivity contribution in [2.45, 2.75) is 63.4 Å². The molecule has 5 rings (SSSR count). The Morgan fingerprint density at radius 1 is 1.14 bits per heavy atom. The van der Waals surface area contributed by atoms with Gasteiger partial charge in [-0.15, -0.1) is 0 Å². The molecule has 3 aromatic rings. The van der Waals surface area contributed by atoms with Gasteiger partial charge in [-0.1, -0.05) is 18.1 Å². The number of benzene rings is 2. The van der Waals surface area contributed by atoms with Crippen LogP contribution in [0.15, 0.2) is 47.0 Å². The fourth-order valence-corrected chi connectivity index (χ4v) is 4.44. The van der Waals surface area contributed by atoms with E-state index in [1.165, 1.54) is 12.1 Å². The minimum absolute atomic E-state index is 0.141. The van der Waals surface area contributed by atoms with Crippen molar-refractivity contribution in [2.24, 2.45) is 5.92 Å². The van der Waals surface area contributed by atoms with Crippen LogP contribution >= 0.6 is 0 Å². The average molecular weight is 510 g/mol. The van der Waals surface area contributed by atoms with E-state index >= 15 is 0 Å². The molecule has 0 saturated heterocycles. The molecule has 3 N–H and O–H groups in total. The number of rotatable bonds is 9. The summed E-state index contributed by atoms with van der Waals surface area (Å²) >= 11 is 0. The largest absolute Gasteiger partial charge is 0.481 e. The molecule has 1 heterocycles. The summed E-state index contributed by atoms with van der Waals surface area (Å²) in [7, 11) is 0. The molecule has 1 aromatic heterocycles. The Bertz CT molecular complexity index is 1290. The molecule has 37 heavy (non-hydrogen) atoms. The highest BCUT2D eigenvalue weighted by atomic mass is 19.1. The maximum Gasteiger partial charge on any atom is 0.268 e. The lowest BCUT2D eigenvalue weighted by Gasteiger charge is -2.18. The number of aliphatic hydroxyl groups excluding tert-OH is 2. The van der Waals surface area contributed by atoms with Crippen LogP contribution in [0.4, 0.5) is 4.39 Å². The van der Waals surface area contributed by atoms with Gasteiger partial charge in [0.1, 0.15) is 17.7 Å². The highest BCUT2D eigenvalue weighted by Gasteiger charge is 2.35. The van der Waals surface area contributed by atoms with Crippen LogP contribution in [-0.2, 0) is 0 Å². The molecule has 2 aliphatic rings. The summed E-state index contributed by atoms with van der Waals surface area (Å²) in [4.78, 5) is 29.0. The molecule has 0 spiro atoms. The van der Waals surface area contributed by atoms with Gasteiger partial charge in [-0.2, -0.15) is 4.98 Å². The number of halogens is 1. The lowest BCUT2D eigenvalue weighted by Crippen LogP contribution is -2.43. The number of nitrogens with zero attached hydrogens (tertiary/aromatic N) is 2. The first-order valence-electron chi connectivity index (χ1n) is 12.5. The Morgan fingerprint density at radius 2 is 1.89 bits per heavy atom. The van der Waals surface area contributed by atoms with E-state index in [4.69, 9.17) is 9.26 Å². The Labute approximate surface area is 212 Å². The van der Waals surface area contributed by atoms with Crippen molar-refractivity contribution < 1.29 is 33.5 Å². The van der Waals surface area contributed by atoms with Gasteiger partial charge in [0, 0.05) is 17.0 Å². The standard InChI is InChI=1S/C27H28FN3O6/c1-2-22(36-17-8-5-15(6-9-17)23(33)14-3-4-14)27-30-25(31-37-27)16-7-10-18(19(28)13-16)26(35)29-20-11-12-21(32)24(20)34/h5-10,13-14,20-22,24,32,34H,2-4,11-12H2,1H3,(H,29,35)/t20-,21-,22-,24+/m1/s1. The maximum atomic E-state index is 14.8. The number of carbonyl (C=O) groups excluding carboxylic acids is 2. The van der Waals surface area contributed by atoms with Crippen LogP contribution < -0.4 is 10.1 Å². The second-order valence-corrected chi connectivity index (χ2v) is 9.54. The SMILES string of the molecule is CC[C@@H](Oc1ccc(C(=O)C2CC2)cc1)c1nc(-c2ccc(C(=O)N[C@@H]3CC[C@@H](O)[C@H]3O)c(F)c2)no1. The molecule has 4 atom stereocenters. The first-order chi connectivity index (χ1) is 17.8. The van der Waals surface area contributed by atoms with Gasteiger partial charge in [-0.25, -0.2) is 4.39 Å². The van der Waals surface area contributed by atoms with Gasteiger partial charge in [0.05, 0.1) is 17.7 Å². The molecular weight excluding hydrogens is 481 g/mol. The van der Waals surface area contributed by atoms with Crippen LogP contribution in [0.1, 0.15) is 71.7 Å². The minimum Gasteiger partial charge on any atom is -0.481 e. The van der Waals surface area contributed by atoms with Gasteiger partial charge in [0.25, 0.3) is 11.8 Å². The van der Waals surface area contributed by atoms with Crippen molar-refractivity contribution in [2.75, 3.05) is 0 Å². The Morgan fingerprint density at radius 3 is 2.51 bits per heavy atom. The first-order valence-corrected chi connectivity index (χ1v) is 12.5. The Balaban J connectivity index is 1.25. The third-order valence-corrected chi connectivity index (χ3v) is 6.82. The number of ketones is 1. The molecule has 1 amide bonds. The number of amides is 1. The summed E-state index contributed by atoms with van der Waals surface area (Å²) in [5.41, 5.74) is 0.789. The Kier molecular flexibility index (Phi) is 7.03. The zero-order valence-corrected chi connectivity index (χ0v) is 20.3. The van der Waals surface area contributed by atoms with Crippen LogP contribution in [0.25, 0.3) is 11.4 Å². The summed E-state index contributed by atoms with van der Waals surface area (Å²) in [5, 5.41) is 26.1. The van der Waals surface area contributed by atoms with E-state index in [0.29, 0.717) is 36.1 Å². The molecule has 2 saturated carbocycles. The van der Waals surface area contributed by atoms with Crippen LogP contribution in [0, 0.1) is 11.7 Å². The van der Waals surface area contributed by atoms with Crippen LogP contribution in [0.5, 0.6) is 5.75 Å². The van der Waals surface area contributed by atoms with Crippen LogP contribution in [0.2, 0.25) is 0 Å². The van der Waals surface area contributed by atoms with Gasteiger partial charge in [0.2, 0.25) is 5.82 Å². The van der Waals surface area contributed by atoms with Crippen molar-refractivity contribution in [1.29, 1.82) is 0 Å². The maximum absolute atomic E-state index is 14.8. The normalized spacial score (nSPS) is 22.0. The van der Waals surface area contributed by atoms with Crippen molar-refractivity contribution in [1.82, 2.24) is 15.5 Å². The average Bonchev–Trinajstić information content (AvgIpc) is 3.56. The molecule has 0 unspecified atom stereocenters. The molecule has 194 valence electrons. The van der Waals surface area contributed by atoms with Gasteiger partial charge in [-0.3, -0.25) is 9.59 Å². The summed E-state index contributed by atoms with van der Waals surface area (Å²) in [5.74, 6) is -0.242. The lowest BCUT2D eigenvalue weighted by atomic mass is 10.1. The highest BCUT2D eigenvalue weighted by Crippen LogP contribution is 2.33. The summed E-state index contributed by atoms with van der Waals surface area (Å²) in [6.07, 6.45) is 0.657. The second kappa shape index (κ2) is 10.4. The van der Waals surface area contributed by atoms with E-state index in [-0.39, 0.29) is 29.0 Å². The monoisotopic (exact) mass is 509 g/mol. The molecule has 0 aliphatic heterocycles. The molecule has 0 bridgehead atoms. The molecule has 9 nitrogen and oxygen atoms in total. The molecule has 10 heteroatoms. The molecule has 2 aliphatic carbocycles. The Hall–Kier alpha value is -3.63. The van der Waals surface area contributed by atoms with Gasteiger partial charge in [0.15, 0.2) is 11.9 Å².